The van der Waals surface area contributed by atoms with Crippen LogP contribution in [0.2, 0.25) is 5.02 Å². The average Bonchev–Trinajstić information content (AvgIpc) is 2.62. The summed E-state index contributed by atoms with van der Waals surface area (Å²) in [5, 5.41) is 0.665. The number of benzene rings is 1. The molecular formula is C18H14BrClN2O3S. The first kappa shape index (κ1) is 18.9. The Morgan fingerprint density at radius 2 is 2.08 bits per heavy atom. The van der Waals surface area contributed by atoms with Gasteiger partial charge >= 0.3 is 5.97 Å². The molecule has 0 aliphatic rings. The summed E-state index contributed by atoms with van der Waals surface area (Å²) in [6.45, 7) is -0.0304. The van der Waals surface area contributed by atoms with Gasteiger partial charge in [-0.3, -0.25) is 14.0 Å². The Morgan fingerprint density at radius 1 is 1.27 bits per heavy atom. The van der Waals surface area contributed by atoms with Gasteiger partial charge in [0.05, 0.1) is 17.1 Å². The number of halogens is 2. The summed E-state index contributed by atoms with van der Waals surface area (Å²) in [5.41, 5.74) is 0.696. The zero-order valence-corrected chi connectivity index (χ0v) is 16.7. The zero-order chi connectivity index (χ0) is 18.5. The van der Waals surface area contributed by atoms with Crippen LogP contribution in [0, 0.1) is 0 Å². The number of carbonyl (C=O) groups is 1. The zero-order valence-electron chi connectivity index (χ0n) is 13.5. The molecule has 0 amide bonds. The van der Waals surface area contributed by atoms with Crippen LogP contribution in [0.4, 0.5) is 0 Å². The van der Waals surface area contributed by atoms with Crippen molar-refractivity contribution in [2.45, 2.75) is 17.9 Å². The van der Waals surface area contributed by atoms with Crippen molar-refractivity contribution in [2.75, 3.05) is 5.75 Å². The molecule has 134 valence electrons. The maximum atomic E-state index is 12.1. The number of ether oxygens (including phenoxy) is 1. The minimum Gasteiger partial charge on any atom is -0.459 e. The molecule has 0 saturated heterocycles. The summed E-state index contributed by atoms with van der Waals surface area (Å²) in [7, 11) is 0. The summed E-state index contributed by atoms with van der Waals surface area (Å²) in [5.74, 6) is 0.215. The normalized spacial score (nSPS) is 10.8. The molecule has 0 spiro atoms. The molecule has 0 unspecified atom stereocenters. The molecule has 1 aromatic carbocycles. The summed E-state index contributed by atoms with van der Waals surface area (Å²) in [6.07, 6.45) is 1.89. The molecule has 2 aromatic heterocycles. The first-order chi connectivity index (χ1) is 12.5. The quantitative estimate of drug-likeness (QED) is 0.410. The minimum absolute atomic E-state index is 0.0304. The van der Waals surface area contributed by atoms with Crippen LogP contribution >= 0.6 is 39.3 Å². The fourth-order valence-corrected chi connectivity index (χ4v) is 3.74. The molecular weight excluding hydrogens is 440 g/mol. The molecule has 0 bridgehead atoms. The van der Waals surface area contributed by atoms with E-state index in [2.05, 4.69) is 20.9 Å². The van der Waals surface area contributed by atoms with Crippen molar-refractivity contribution in [3.8, 4) is 0 Å². The molecule has 5 nitrogen and oxygen atoms in total. The molecule has 26 heavy (non-hydrogen) atoms. The molecule has 0 N–H and O–H groups in total. The Kier molecular flexibility index (Phi) is 6.34. The van der Waals surface area contributed by atoms with Crippen LogP contribution in [-0.4, -0.2) is 21.1 Å². The smallest absolute Gasteiger partial charge is 0.307 e. The largest absolute Gasteiger partial charge is 0.459 e. The van der Waals surface area contributed by atoms with Crippen LogP contribution in [0.25, 0.3) is 5.65 Å². The second kappa shape index (κ2) is 8.70. The standard InChI is InChI=1S/C18H14BrClN2O3S/c19-12-5-6-16-21-13(9-17(23)22(16)10-12)11-25-18(24)7-8-26-15-4-2-1-3-14(15)20/h1-6,9-10H,7-8,11H2. The molecule has 0 radical (unpaired) electrons. The summed E-state index contributed by atoms with van der Waals surface area (Å²) < 4.78 is 7.43. The Labute approximate surface area is 167 Å². The van der Waals surface area contributed by atoms with E-state index in [1.165, 1.54) is 22.2 Å². The van der Waals surface area contributed by atoms with E-state index in [1.54, 1.807) is 18.3 Å². The maximum absolute atomic E-state index is 12.1. The van der Waals surface area contributed by atoms with Crippen LogP contribution in [-0.2, 0) is 16.1 Å². The van der Waals surface area contributed by atoms with Crippen molar-refractivity contribution in [1.82, 2.24) is 9.38 Å². The highest BCUT2D eigenvalue weighted by molar-refractivity contribution is 9.10. The lowest BCUT2D eigenvalue weighted by molar-refractivity contribution is -0.144. The van der Waals surface area contributed by atoms with E-state index in [0.717, 1.165) is 9.37 Å². The van der Waals surface area contributed by atoms with Gasteiger partial charge in [-0.2, -0.15) is 0 Å². The fourth-order valence-electron chi connectivity index (χ4n) is 2.23. The van der Waals surface area contributed by atoms with Gasteiger partial charge in [0.15, 0.2) is 0 Å². The van der Waals surface area contributed by atoms with Crippen molar-refractivity contribution < 1.29 is 9.53 Å². The lowest BCUT2D eigenvalue weighted by Crippen LogP contribution is -2.16. The molecule has 2 heterocycles. The third-order valence-electron chi connectivity index (χ3n) is 3.46. The molecule has 0 saturated carbocycles. The molecule has 0 aliphatic carbocycles. The Hall–Kier alpha value is -1.83. The van der Waals surface area contributed by atoms with Crippen LogP contribution in [0.3, 0.4) is 0 Å². The highest BCUT2D eigenvalue weighted by Crippen LogP contribution is 2.26. The third-order valence-corrected chi connectivity index (χ3v) is 5.44. The van der Waals surface area contributed by atoms with Crippen molar-refractivity contribution >= 4 is 50.9 Å². The number of thioether (sulfide) groups is 1. The van der Waals surface area contributed by atoms with Crippen molar-refractivity contribution in [1.29, 1.82) is 0 Å². The van der Waals surface area contributed by atoms with Crippen LogP contribution in [0.1, 0.15) is 12.1 Å². The molecule has 0 atom stereocenters. The molecule has 3 rings (SSSR count). The second-order valence-corrected chi connectivity index (χ2v) is 7.81. The predicted molar refractivity (Wildman–Crippen MR) is 106 cm³/mol. The number of esters is 1. The second-order valence-electron chi connectivity index (χ2n) is 5.35. The summed E-state index contributed by atoms with van der Waals surface area (Å²) in [4.78, 5) is 29.3. The van der Waals surface area contributed by atoms with E-state index in [-0.39, 0.29) is 24.6 Å². The van der Waals surface area contributed by atoms with Gasteiger partial charge in [-0.05, 0) is 40.2 Å². The highest BCUT2D eigenvalue weighted by atomic mass is 79.9. The number of pyridine rings is 1. The van der Waals surface area contributed by atoms with Gasteiger partial charge in [-0.25, -0.2) is 4.98 Å². The Bertz CT molecular complexity index is 1010. The van der Waals surface area contributed by atoms with E-state index in [4.69, 9.17) is 16.3 Å². The van der Waals surface area contributed by atoms with E-state index in [1.807, 2.05) is 24.3 Å². The van der Waals surface area contributed by atoms with Crippen molar-refractivity contribution in [3.63, 3.8) is 0 Å². The van der Waals surface area contributed by atoms with E-state index < -0.39 is 0 Å². The third kappa shape index (κ3) is 4.87. The number of fused-ring (bicyclic) bond motifs is 1. The monoisotopic (exact) mass is 452 g/mol. The number of hydrogen-bond donors (Lipinski definition) is 0. The number of aromatic nitrogens is 2. The van der Waals surface area contributed by atoms with Gasteiger partial charge in [0.2, 0.25) is 0 Å². The number of nitrogens with zero attached hydrogens (tertiary/aromatic N) is 2. The summed E-state index contributed by atoms with van der Waals surface area (Å²) in [6, 6.07) is 12.4. The van der Waals surface area contributed by atoms with Gasteiger partial charge in [0, 0.05) is 27.4 Å². The van der Waals surface area contributed by atoms with Gasteiger partial charge < -0.3 is 4.74 Å². The SMILES string of the molecule is O=C(CCSc1ccccc1Cl)OCc1cc(=O)n2cc(Br)ccc2n1. The molecule has 3 aromatic rings. The number of hydrogen-bond acceptors (Lipinski definition) is 5. The van der Waals surface area contributed by atoms with Crippen LogP contribution in [0.15, 0.2) is 62.8 Å². The van der Waals surface area contributed by atoms with Gasteiger partial charge in [-0.1, -0.05) is 23.7 Å². The molecule has 0 aliphatic heterocycles. The van der Waals surface area contributed by atoms with Gasteiger partial charge in [0.25, 0.3) is 5.56 Å². The van der Waals surface area contributed by atoms with Crippen LogP contribution < -0.4 is 5.56 Å². The first-order valence-corrected chi connectivity index (χ1v) is 9.89. The Morgan fingerprint density at radius 3 is 2.88 bits per heavy atom. The maximum Gasteiger partial charge on any atom is 0.307 e. The minimum atomic E-state index is -0.345. The van der Waals surface area contributed by atoms with Crippen LogP contribution in [0.5, 0.6) is 0 Å². The average molecular weight is 454 g/mol. The lowest BCUT2D eigenvalue weighted by Gasteiger charge is -2.07. The summed E-state index contributed by atoms with van der Waals surface area (Å²) >= 11 is 10.9. The molecule has 8 heteroatoms. The first-order valence-electron chi connectivity index (χ1n) is 7.74. The van der Waals surface area contributed by atoms with Crippen molar-refractivity contribution in [2.24, 2.45) is 0 Å². The Balaban J connectivity index is 1.54. The highest BCUT2D eigenvalue weighted by Gasteiger charge is 2.08. The number of rotatable bonds is 6. The fraction of sp³-hybridized carbons (Fsp3) is 0.167. The van der Waals surface area contributed by atoms with Gasteiger partial charge in [-0.15, -0.1) is 11.8 Å². The van der Waals surface area contributed by atoms with E-state index >= 15 is 0 Å². The lowest BCUT2D eigenvalue weighted by atomic mass is 10.4. The molecule has 0 fully saturated rings. The van der Waals surface area contributed by atoms with E-state index in [9.17, 15) is 9.59 Å². The van der Waals surface area contributed by atoms with E-state index in [0.29, 0.717) is 22.1 Å². The topological polar surface area (TPSA) is 60.7 Å². The van der Waals surface area contributed by atoms with Gasteiger partial charge in [0.1, 0.15) is 12.3 Å². The van der Waals surface area contributed by atoms with Crippen molar-refractivity contribution in [3.05, 3.63) is 74.2 Å². The number of carbonyl (C=O) groups excluding carboxylic acids is 1. The predicted octanol–water partition coefficient (Wildman–Crippen LogP) is 4.34.